The molecule has 92 valence electrons. The van der Waals surface area contributed by atoms with Crippen molar-refractivity contribution in [2.24, 2.45) is 5.92 Å². The van der Waals surface area contributed by atoms with Crippen LogP contribution in [0.5, 0.6) is 0 Å². The number of carbonyl (C=O) groups is 1. The van der Waals surface area contributed by atoms with Crippen molar-refractivity contribution >= 4 is 5.91 Å². The Morgan fingerprint density at radius 1 is 1.38 bits per heavy atom. The van der Waals surface area contributed by atoms with Gasteiger partial charge in [-0.3, -0.25) is 4.79 Å². The van der Waals surface area contributed by atoms with Gasteiger partial charge in [0.15, 0.2) is 0 Å². The summed E-state index contributed by atoms with van der Waals surface area (Å²) in [5, 5.41) is 3.25. The van der Waals surface area contributed by atoms with Crippen LogP contribution in [0.15, 0.2) is 0 Å². The fraction of sp³-hybridized carbons (Fsp3) is 0.917. The van der Waals surface area contributed by atoms with Crippen LogP contribution >= 0.6 is 0 Å². The smallest absolute Gasteiger partial charge is 0.227 e. The highest BCUT2D eigenvalue weighted by Crippen LogP contribution is 2.18. The summed E-state index contributed by atoms with van der Waals surface area (Å²) in [6.45, 7) is 6.42. The lowest BCUT2D eigenvalue weighted by molar-refractivity contribution is -0.137. The first-order chi connectivity index (χ1) is 7.81. The molecule has 2 aliphatic rings. The zero-order valence-electron chi connectivity index (χ0n) is 10.1. The maximum Gasteiger partial charge on any atom is 0.227 e. The molecule has 2 aliphatic heterocycles. The van der Waals surface area contributed by atoms with Crippen LogP contribution in [0.1, 0.15) is 26.2 Å². The highest BCUT2D eigenvalue weighted by atomic mass is 16.5. The Labute approximate surface area is 97.3 Å². The molecular weight excluding hydrogens is 204 g/mol. The molecule has 1 atom stereocenters. The predicted octanol–water partition coefficient (Wildman–Crippen LogP) is 0.623. The molecule has 2 rings (SSSR count). The van der Waals surface area contributed by atoms with Gasteiger partial charge in [-0.25, -0.2) is 0 Å². The zero-order valence-corrected chi connectivity index (χ0v) is 10.1. The molecule has 0 aromatic carbocycles. The average molecular weight is 226 g/mol. The van der Waals surface area contributed by atoms with E-state index in [-0.39, 0.29) is 5.92 Å². The van der Waals surface area contributed by atoms with E-state index in [1.54, 1.807) is 0 Å². The topological polar surface area (TPSA) is 41.6 Å². The molecule has 0 bridgehead atoms. The Kier molecular flexibility index (Phi) is 4.18. The fourth-order valence-corrected chi connectivity index (χ4v) is 2.60. The third-order valence-corrected chi connectivity index (χ3v) is 3.57. The number of nitrogens with one attached hydrogen (secondary N) is 1. The van der Waals surface area contributed by atoms with Gasteiger partial charge in [0, 0.05) is 26.2 Å². The zero-order chi connectivity index (χ0) is 11.4. The van der Waals surface area contributed by atoms with Crippen LogP contribution < -0.4 is 5.32 Å². The van der Waals surface area contributed by atoms with E-state index < -0.39 is 0 Å². The molecule has 0 aromatic heterocycles. The van der Waals surface area contributed by atoms with Gasteiger partial charge in [0.05, 0.1) is 12.0 Å². The molecule has 4 heteroatoms. The highest BCUT2D eigenvalue weighted by Gasteiger charge is 2.29. The van der Waals surface area contributed by atoms with Gasteiger partial charge in [0.25, 0.3) is 0 Å². The minimum Gasteiger partial charge on any atom is -0.378 e. The molecule has 1 N–H and O–H groups in total. The van der Waals surface area contributed by atoms with Crippen LogP contribution in [0.4, 0.5) is 0 Å². The lowest BCUT2D eigenvalue weighted by Crippen LogP contribution is -2.44. The lowest BCUT2D eigenvalue weighted by atomic mass is 10.0. The second-order valence-corrected chi connectivity index (χ2v) is 4.67. The van der Waals surface area contributed by atoms with E-state index >= 15 is 0 Å². The van der Waals surface area contributed by atoms with Crippen molar-refractivity contribution in [3.63, 3.8) is 0 Å². The number of hydrogen-bond acceptors (Lipinski definition) is 3. The summed E-state index contributed by atoms with van der Waals surface area (Å²) >= 11 is 0. The monoisotopic (exact) mass is 226 g/mol. The van der Waals surface area contributed by atoms with E-state index in [1.165, 1.54) is 0 Å². The maximum atomic E-state index is 12.1. The van der Waals surface area contributed by atoms with Gasteiger partial charge >= 0.3 is 0 Å². The van der Waals surface area contributed by atoms with Crippen LogP contribution in [-0.2, 0) is 9.53 Å². The summed E-state index contributed by atoms with van der Waals surface area (Å²) < 4.78 is 5.59. The first kappa shape index (κ1) is 11.9. The molecule has 1 amide bonds. The largest absolute Gasteiger partial charge is 0.378 e. The first-order valence-electron chi connectivity index (χ1n) is 6.42. The molecule has 0 aromatic rings. The van der Waals surface area contributed by atoms with E-state index in [9.17, 15) is 4.79 Å². The number of amides is 1. The molecule has 16 heavy (non-hydrogen) atoms. The van der Waals surface area contributed by atoms with Crippen molar-refractivity contribution in [1.82, 2.24) is 10.2 Å². The van der Waals surface area contributed by atoms with Crippen LogP contribution in [0.3, 0.4) is 0 Å². The second kappa shape index (κ2) is 5.64. The average Bonchev–Trinajstić information content (AvgIpc) is 2.83. The van der Waals surface area contributed by atoms with Crippen LogP contribution in [-0.4, -0.2) is 49.7 Å². The number of likely N-dealkylation sites (tertiary alicyclic amines) is 1. The SMILES string of the molecule is CCOC1CCN(C(=O)[C@H]2CCNC2)CC1. The Balaban J connectivity index is 1.77. The lowest BCUT2D eigenvalue weighted by Gasteiger charge is -2.33. The molecule has 4 nitrogen and oxygen atoms in total. The summed E-state index contributed by atoms with van der Waals surface area (Å²) in [5.74, 6) is 0.573. The second-order valence-electron chi connectivity index (χ2n) is 4.67. The Morgan fingerprint density at radius 3 is 2.69 bits per heavy atom. The van der Waals surface area contributed by atoms with Crippen molar-refractivity contribution in [1.29, 1.82) is 0 Å². The summed E-state index contributed by atoms with van der Waals surface area (Å²) in [4.78, 5) is 14.1. The number of carbonyl (C=O) groups excluding carboxylic acids is 1. The number of ether oxygens (including phenoxy) is 1. The summed E-state index contributed by atoms with van der Waals surface area (Å²) in [5.41, 5.74) is 0. The minimum absolute atomic E-state index is 0.226. The number of rotatable bonds is 3. The van der Waals surface area contributed by atoms with Crippen molar-refractivity contribution in [3.8, 4) is 0 Å². The van der Waals surface area contributed by atoms with E-state index in [1.807, 2.05) is 11.8 Å². The van der Waals surface area contributed by atoms with Gasteiger partial charge in [-0.05, 0) is 32.7 Å². The molecule has 0 unspecified atom stereocenters. The van der Waals surface area contributed by atoms with Gasteiger partial charge in [-0.2, -0.15) is 0 Å². The number of nitrogens with zero attached hydrogens (tertiary/aromatic N) is 1. The summed E-state index contributed by atoms with van der Waals surface area (Å²) in [6, 6.07) is 0. The minimum atomic E-state index is 0.226. The van der Waals surface area contributed by atoms with Crippen LogP contribution in [0, 0.1) is 5.92 Å². The van der Waals surface area contributed by atoms with Gasteiger partial charge in [0.1, 0.15) is 0 Å². The van der Waals surface area contributed by atoms with E-state index in [0.717, 1.165) is 52.0 Å². The normalized spacial score (nSPS) is 27.3. The molecule has 2 heterocycles. The summed E-state index contributed by atoms with van der Waals surface area (Å²) in [6.07, 6.45) is 3.37. The van der Waals surface area contributed by atoms with Crippen molar-refractivity contribution in [3.05, 3.63) is 0 Å². The fourth-order valence-electron chi connectivity index (χ4n) is 2.60. The van der Waals surface area contributed by atoms with Crippen LogP contribution in [0.25, 0.3) is 0 Å². The molecule has 0 radical (unpaired) electrons. The Morgan fingerprint density at radius 2 is 2.12 bits per heavy atom. The molecule has 2 saturated heterocycles. The van der Waals surface area contributed by atoms with Gasteiger partial charge in [-0.15, -0.1) is 0 Å². The maximum absolute atomic E-state index is 12.1. The van der Waals surface area contributed by atoms with Crippen LogP contribution in [0.2, 0.25) is 0 Å². The molecule has 2 fully saturated rings. The van der Waals surface area contributed by atoms with E-state index in [2.05, 4.69) is 5.32 Å². The van der Waals surface area contributed by atoms with Crippen molar-refractivity contribution < 1.29 is 9.53 Å². The van der Waals surface area contributed by atoms with Crippen molar-refractivity contribution in [2.45, 2.75) is 32.3 Å². The Bertz CT molecular complexity index is 231. The van der Waals surface area contributed by atoms with E-state index in [4.69, 9.17) is 4.74 Å². The van der Waals surface area contributed by atoms with Gasteiger partial charge in [-0.1, -0.05) is 0 Å². The quantitative estimate of drug-likeness (QED) is 0.767. The molecule has 0 spiro atoms. The van der Waals surface area contributed by atoms with Gasteiger partial charge < -0.3 is 15.0 Å². The third-order valence-electron chi connectivity index (χ3n) is 3.57. The summed E-state index contributed by atoms with van der Waals surface area (Å²) in [7, 11) is 0. The molecular formula is C12H22N2O2. The number of hydrogen-bond donors (Lipinski definition) is 1. The first-order valence-corrected chi connectivity index (χ1v) is 6.42. The van der Waals surface area contributed by atoms with Crippen molar-refractivity contribution in [2.75, 3.05) is 32.8 Å². The van der Waals surface area contributed by atoms with E-state index in [0.29, 0.717) is 12.0 Å². The molecule has 0 aliphatic carbocycles. The number of piperidine rings is 1. The highest BCUT2D eigenvalue weighted by molar-refractivity contribution is 5.79. The third kappa shape index (κ3) is 2.74. The molecule has 0 saturated carbocycles. The Hall–Kier alpha value is -0.610. The van der Waals surface area contributed by atoms with Gasteiger partial charge in [0.2, 0.25) is 5.91 Å². The predicted molar refractivity (Wildman–Crippen MR) is 62.2 cm³/mol. The standard InChI is InChI=1S/C12H22N2O2/c1-2-16-11-4-7-14(8-5-11)12(15)10-3-6-13-9-10/h10-11,13H,2-9H2,1H3/t10-/m0/s1.